The number of rotatable bonds is 4. The summed E-state index contributed by atoms with van der Waals surface area (Å²) in [6.07, 6.45) is 1.73. The Morgan fingerprint density at radius 1 is 1.04 bits per heavy atom. The van der Waals surface area contributed by atoms with Crippen molar-refractivity contribution >= 4 is 5.95 Å². The van der Waals surface area contributed by atoms with Crippen LogP contribution in [0.1, 0.15) is 5.56 Å². The predicted octanol–water partition coefficient (Wildman–Crippen LogP) is 2.84. The second kappa shape index (κ2) is 6.00. The van der Waals surface area contributed by atoms with E-state index in [-0.39, 0.29) is 0 Å². The van der Waals surface area contributed by atoms with E-state index in [0.717, 1.165) is 11.3 Å². The quantitative estimate of drug-likeness (QED) is 0.802. The van der Waals surface area contributed by atoms with Gasteiger partial charge in [-0.2, -0.15) is 4.98 Å². The average Bonchev–Trinajstić information content (AvgIpc) is 2.96. The van der Waals surface area contributed by atoms with Gasteiger partial charge < -0.3 is 15.2 Å². The molecule has 0 unspecified atom stereocenters. The van der Waals surface area contributed by atoms with Gasteiger partial charge in [0.2, 0.25) is 11.8 Å². The third-order valence-corrected chi connectivity index (χ3v) is 3.57. The summed E-state index contributed by atoms with van der Waals surface area (Å²) >= 11 is 0. The number of nitrogens with two attached hydrogens (primary N) is 1. The number of hydrogen-bond donors (Lipinski definition) is 1. The molecule has 2 aromatic heterocycles. The fourth-order valence-corrected chi connectivity index (χ4v) is 2.34. The molecule has 2 heterocycles. The Hall–Kier alpha value is -3.02. The lowest BCUT2D eigenvalue weighted by atomic mass is 10.1. The van der Waals surface area contributed by atoms with Crippen LogP contribution in [0.15, 0.2) is 42.6 Å². The van der Waals surface area contributed by atoms with Gasteiger partial charge in [0.15, 0.2) is 0 Å². The summed E-state index contributed by atoms with van der Waals surface area (Å²) in [5, 5.41) is 0. The standard InChI is InChI=1S/C17H18N4O2/c1-11-4-6-12(7-5-11)14-10-19-17(18)21(14)15-8-13(22-2)9-16(20-15)23-3/h4-10H,1-3H3,(H2,18,19). The first-order valence-electron chi connectivity index (χ1n) is 7.13. The smallest absolute Gasteiger partial charge is 0.218 e. The molecule has 0 aliphatic rings. The van der Waals surface area contributed by atoms with E-state index in [1.165, 1.54) is 5.56 Å². The molecule has 6 nitrogen and oxygen atoms in total. The van der Waals surface area contributed by atoms with E-state index in [4.69, 9.17) is 15.2 Å². The van der Waals surface area contributed by atoms with Crippen molar-refractivity contribution < 1.29 is 9.47 Å². The first kappa shape index (κ1) is 14.9. The van der Waals surface area contributed by atoms with E-state index in [1.54, 1.807) is 37.1 Å². The third-order valence-electron chi connectivity index (χ3n) is 3.57. The molecule has 0 saturated heterocycles. The fourth-order valence-electron chi connectivity index (χ4n) is 2.34. The molecule has 6 heteroatoms. The molecule has 3 rings (SSSR count). The van der Waals surface area contributed by atoms with Crippen LogP contribution in [-0.2, 0) is 0 Å². The van der Waals surface area contributed by atoms with Gasteiger partial charge in [-0.25, -0.2) is 4.98 Å². The van der Waals surface area contributed by atoms with Crippen LogP contribution in [0.2, 0.25) is 0 Å². The molecule has 1 aromatic carbocycles. The van der Waals surface area contributed by atoms with Gasteiger partial charge in [-0.1, -0.05) is 29.8 Å². The Bertz CT molecular complexity index is 803. The Balaban J connectivity index is 2.17. The first-order chi connectivity index (χ1) is 11.1. The zero-order valence-corrected chi connectivity index (χ0v) is 13.3. The van der Waals surface area contributed by atoms with Crippen LogP contribution in [0, 0.1) is 6.92 Å². The Kier molecular flexibility index (Phi) is 3.89. The number of aryl methyl sites for hydroxylation is 1. The number of nitrogen functional groups attached to an aromatic ring is 1. The molecule has 0 amide bonds. The summed E-state index contributed by atoms with van der Waals surface area (Å²) in [5.41, 5.74) is 9.10. The predicted molar refractivity (Wildman–Crippen MR) is 89.0 cm³/mol. The summed E-state index contributed by atoms with van der Waals surface area (Å²) in [6.45, 7) is 2.05. The molecular weight excluding hydrogens is 292 g/mol. The highest BCUT2D eigenvalue weighted by Gasteiger charge is 2.14. The number of pyridine rings is 1. The lowest BCUT2D eigenvalue weighted by molar-refractivity contribution is 0.381. The summed E-state index contributed by atoms with van der Waals surface area (Å²) in [4.78, 5) is 8.67. The molecule has 2 N–H and O–H groups in total. The molecule has 0 radical (unpaired) electrons. The van der Waals surface area contributed by atoms with Crippen LogP contribution in [0.5, 0.6) is 11.6 Å². The largest absolute Gasteiger partial charge is 0.496 e. The fraction of sp³-hybridized carbons (Fsp3) is 0.176. The molecule has 0 bridgehead atoms. The van der Waals surface area contributed by atoms with Crippen LogP contribution in [0.25, 0.3) is 17.1 Å². The number of benzene rings is 1. The third kappa shape index (κ3) is 2.83. The van der Waals surface area contributed by atoms with Crippen molar-refractivity contribution in [3.05, 3.63) is 48.2 Å². The Labute approximate surface area is 134 Å². The van der Waals surface area contributed by atoms with Gasteiger partial charge in [-0.3, -0.25) is 4.57 Å². The molecule has 3 aromatic rings. The number of hydrogen-bond acceptors (Lipinski definition) is 5. The van der Waals surface area contributed by atoms with Gasteiger partial charge in [0.05, 0.1) is 26.1 Å². The van der Waals surface area contributed by atoms with Crippen LogP contribution in [0.3, 0.4) is 0 Å². The zero-order chi connectivity index (χ0) is 16.4. The minimum Gasteiger partial charge on any atom is -0.496 e. The molecule has 118 valence electrons. The Morgan fingerprint density at radius 2 is 1.78 bits per heavy atom. The van der Waals surface area contributed by atoms with Gasteiger partial charge in [0.1, 0.15) is 11.6 Å². The first-order valence-corrected chi connectivity index (χ1v) is 7.13. The van der Waals surface area contributed by atoms with Crippen molar-refractivity contribution in [2.75, 3.05) is 20.0 Å². The van der Waals surface area contributed by atoms with Crippen molar-refractivity contribution in [1.29, 1.82) is 0 Å². The normalized spacial score (nSPS) is 10.6. The number of anilines is 1. The maximum atomic E-state index is 6.05. The van der Waals surface area contributed by atoms with E-state index in [0.29, 0.717) is 23.4 Å². The van der Waals surface area contributed by atoms with E-state index in [2.05, 4.69) is 9.97 Å². The maximum Gasteiger partial charge on any atom is 0.218 e. The van der Waals surface area contributed by atoms with Gasteiger partial charge in [0.25, 0.3) is 0 Å². The number of aromatic nitrogens is 3. The van der Waals surface area contributed by atoms with Crippen molar-refractivity contribution in [3.63, 3.8) is 0 Å². The van der Waals surface area contributed by atoms with Crippen LogP contribution in [-0.4, -0.2) is 28.8 Å². The lowest BCUT2D eigenvalue weighted by Gasteiger charge is -2.12. The number of ether oxygens (including phenoxy) is 2. The summed E-state index contributed by atoms with van der Waals surface area (Å²) in [6, 6.07) is 11.6. The molecule has 0 aliphatic carbocycles. The highest BCUT2D eigenvalue weighted by Crippen LogP contribution is 2.29. The zero-order valence-electron chi connectivity index (χ0n) is 13.3. The molecule has 0 spiro atoms. The number of methoxy groups -OCH3 is 2. The topological polar surface area (TPSA) is 75.2 Å². The SMILES string of the molecule is COc1cc(OC)nc(-n2c(-c3ccc(C)cc3)cnc2N)c1. The molecular formula is C17H18N4O2. The van der Waals surface area contributed by atoms with Crippen LogP contribution >= 0.6 is 0 Å². The minimum absolute atomic E-state index is 0.350. The highest BCUT2D eigenvalue weighted by atomic mass is 16.5. The molecule has 0 atom stereocenters. The second-order valence-corrected chi connectivity index (χ2v) is 5.11. The second-order valence-electron chi connectivity index (χ2n) is 5.11. The summed E-state index contributed by atoms with van der Waals surface area (Å²) in [5.74, 6) is 2.02. The van der Waals surface area contributed by atoms with E-state index < -0.39 is 0 Å². The summed E-state index contributed by atoms with van der Waals surface area (Å²) < 4.78 is 12.3. The van der Waals surface area contributed by atoms with Crippen LogP contribution in [0.4, 0.5) is 5.95 Å². The van der Waals surface area contributed by atoms with E-state index in [9.17, 15) is 0 Å². The van der Waals surface area contributed by atoms with Gasteiger partial charge in [-0.15, -0.1) is 0 Å². The monoisotopic (exact) mass is 310 g/mol. The average molecular weight is 310 g/mol. The van der Waals surface area contributed by atoms with Crippen molar-refractivity contribution in [2.24, 2.45) is 0 Å². The molecule has 0 aliphatic heterocycles. The molecule has 23 heavy (non-hydrogen) atoms. The highest BCUT2D eigenvalue weighted by molar-refractivity contribution is 5.65. The van der Waals surface area contributed by atoms with E-state index in [1.807, 2.05) is 31.2 Å². The van der Waals surface area contributed by atoms with Gasteiger partial charge >= 0.3 is 0 Å². The number of nitrogens with zero attached hydrogens (tertiary/aromatic N) is 3. The maximum absolute atomic E-state index is 6.05. The Morgan fingerprint density at radius 3 is 2.43 bits per heavy atom. The van der Waals surface area contributed by atoms with Crippen molar-refractivity contribution in [1.82, 2.24) is 14.5 Å². The van der Waals surface area contributed by atoms with Crippen molar-refractivity contribution in [2.45, 2.75) is 6.92 Å². The number of imidazole rings is 1. The van der Waals surface area contributed by atoms with Crippen LogP contribution < -0.4 is 15.2 Å². The van der Waals surface area contributed by atoms with Gasteiger partial charge in [-0.05, 0) is 6.92 Å². The van der Waals surface area contributed by atoms with E-state index >= 15 is 0 Å². The minimum atomic E-state index is 0.350. The lowest BCUT2D eigenvalue weighted by Crippen LogP contribution is -2.06. The summed E-state index contributed by atoms with van der Waals surface area (Å²) in [7, 11) is 3.15. The van der Waals surface area contributed by atoms with Gasteiger partial charge in [0, 0.05) is 17.7 Å². The molecule has 0 saturated carbocycles. The van der Waals surface area contributed by atoms with Crippen molar-refractivity contribution in [3.8, 4) is 28.7 Å². The molecule has 0 fully saturated rings.